The van der Waals surface area contributed by atoms with Crippen molar-refractivity contribution in [2.45, 2.75) is 44.7 Å². The highest BCUT2D eigenvalue weighted by Crippen LogP contribution is 2.24. The minimum atomic E-state index is 0.0381. The van der Waals surface area contributed by atoms with E-state index in [1.807, 2.05) is 19.1 Å². The Morgan fingerprint density at radius 3 is 2.56 bits per heavy atom. The number of amides is 1. The summed E-state index contributed by atoms with van der Waals surface area (Å²) in [5.41, 5.74) is 6.94. The van der Waals surface area contributed by atoms with Crippen LogP contribution in [0.4, 0.5) is 0 Å². The van der Waals surface area contributed by atoms with E-state index in [4.69, 9.17) is 5.73 Å². The topological polar surface area (TPSA) is 68.0 Å². The number of pyridine rings is 1. The quantitative estimate of drug-likeness (QED) is 0.855. The van der Waals surface area contributed by atoms with E-state index in [0.29, 0.717) is 0 Å². The highest BCUT2D eigenvalue weighted by atomic mass is 16.1. The van der Waals surface area contributed by atoms with Crippen LogP contribution in [0.3, 0.4) is 0 Å². The van der Waals surface area contributed by atoms with Gasteiger partial charge >= 0.3 is 0 Å². The summed E-state index contributed by atoms with van der Waals surface area (Å²) in [6.45, 7) is 2.00. The summed E-state index contributed by atoms with van der Waals surface area (Å²) in [7, 11) is 0. The fourth-order valence-electron chi connectivity index (χ4n) is 2.45. The lowest BCUT2D eigenvalue weighted by Gasteiger charge is -2.26. The number of rotatable bonds is 3. The van der Waals surface area contributed by atoms with E-state index >= 15 is 0 Å². The van der Waals surface area contributed by atoms with Crippen LogP contribution < -0.4 is 11.1 Å². The molecule has 4 heteroatoms. The zero-order valence-corrected chi connectivity index (χ0v) is 10.8. The Bertz CT molecular complexity index is 385. The maximum atomic E-state index is 12.1. The Kier molecular flexibility index (Phi) is 4.31. The molecule has 98 valence electrons. The molecule has 1 aromatic heterocycles. The summed E-state index contributed by atoms with van der Waals surface area (Å²) in [4.78, 5) is 16.1. The summed E-state index contributed by atoms with van der Waals surface area (Å²) < 4.78 is 0. The molecule has 2 rings (SSSR count). The van der Waals surface area contributed by atoms with E-state index in [9.17, 15) is 4.79 Å². The van der Waals surface area contributed by atoms with Crippen LogP contribution in [0.5, 0.6) is 0 Å². The number of hydrogen-bond donors (Lipinski definition) is 2. The van der Waals surface area contributed by atoms with Crippen LogP contribution in [0.25, 0.3) is 0 Å². The number of nitrogens with zero attached hydrogens (tertiary/aromatic N) is 1. The molecule has 0 spiro atoms. The van der Waals surface area contributed by atoms with Gasteiger partial charge in [0.15, 0.2) is 0 Å². The summed E-state index contributed by atoms with van der Waals surface area (Å²) >= 11 is 0. The van der Waals surface area contributed by atoms with Gasteiger partial charge in [0, 0.05) is 24.4 Å². The molecule has 0 radical (unpaired) electrons. The van der Waals surface area contributed by atoms with Gasteiger partial charge in [0.25, 0.3) is 0 Å². The summed E-state index contributed by atoms with van der Waals surface area (Å²) in [6, 6.07) is 4.19. The van der Waals surface area contributed by atoms with Gasteiger partial charge in [-0.3, -0.25) is 9.78 Å². The highest BCUT2D eigenvalue weighted by molar-refractivity contribution is 5.79. The third-order valence-corrected chi connectivity index (χ3v) is 3.71. The second-order valence-electron chi connectivity index (χ2n) is 5.12. The van der Waals surface area contributed by atoms with E-state index < -0.39 is 0 Å². The molecule has 1 saturated carbocycles. The average Bonchev–Trinajstić information content (AvgIpc) is 2.40. The molecule has 0 unspecified atom stereocenters. The first-order chi connectivity index (χ1) is 8.66. The van der Waals surface area contributed by atoms with Crippen molar-refractivity contribution in [2.24, 2.45) is 11.7 Å². The van der Waals surface area contributed by atoms with E-state index in [0.717, 1.165) is 31.2 Å². The van der Waals surface area contributed by atoms with Crippen molar-refractivity contribution in [1.82, 2.24) is 10.3 Å². The van der Waals surface area contributed by atoms with E-state index in [1.54, 1.807) is 12.4 Å². The Morgan fingerprint density at radius 2 is 1.94 bits per heavy atom. The fraction of sp³-hybridized carbons (Fsp3) is 0.571. The molecular formula is C14H21N3O. The molecule has 1 fully saturated rings. The minimum absolute atomic E-state index is 0.0381. The van der Waals surface area contributed by atoms with Crippen molar-refractivity contribution in [2.75, 3.05) is 0 Å². The largest absolute Gasteiger partial charge is 0.349 e. The van der Waals surface area contributed by atoms with E-state index in [-0.39, 0.29) is 23.9 Å². The van der Waals surface area contributed by atoms with Gasteiger partial charge in [-0.2, -0.15) is 0 Å². The third-order valence-electron chi connectivity index (χ3n) is 3.71. The van der Waals surface area contributed by atoms with Gasteiger partial charge in [-0.15, -0.1) is 0 Å². The standard InChI is InChI=1S/C14H21N3O/c1-10(11-6-8-16-9-7-11)17-14(18)12-2-4-13(15)5-3-12/h6-10,12-13H,2-5,15H2,1H3,(H,17,18)/t10-,12?,13?/m1/s1. The molecular weight excluding hydrogens is 226 g/mol. The van der Waals surface area contributed by atoms with Gasteiger partial charge in [-0.1, -0.05) is 0 Å². The number of hydrogen-bond acceptors (Lipinski definition) is 3. The van der Waals surface area contributed by atoms with Crippen molar-refractivity contribution in [3.8, 4) is 0 Å². The van der Waals surface area contributed by atoms with Crippen molar-refractivity contribution in [3.63, 3.8) is 0 Å². The normalized spacial score (nSPS) is 25.4. The van der Waals surface area contributed by atoms with Gasteiger partial charge < -0.3 is 11.1 Å². The Balaban J connectivity index is 1.87. The van der Waals surface area contributed by atoms with Crippen LogP contribution in [0.15, 0.2) is 24.5 Å². The number of nitrogens with two attached hydrogens (primary N) is 1. The van der Waals surface area contributed by atoms with Crippen LogP contribution in [0.1, 0.15) is 44.2 Å². The maximum absolute atomic E-state index is 12.1. The number of carbonyl (C=O) groups is 1. The first kappa shape index (κ1) is 13.0. The molecule has 3 N–H and O–H groups in total. The predicted molar refractivity (Wildman–Crippen MR) is 70.7 cm³/mol. The predicted octanol–water partition coefficient (Wildman–Crippen LogP) is 1.78. The summed E-state index contributed by atoms with van der Waals surface area (Å²) in [5.74, 6) is 0.292. The Labute approximate surface area is 108 Å². The van der Waals surface area contributed by atoms with Gasteiger partial charge in [-0.25, -0.2) is 0 Å². The van der Waals surface area contributed by atoms with Crippen molar-refractivity contribution in [3.05, 3.63) is 30.1 Å². The van der Waals surface area contributed by atoms with Gasteiger partial charge in [0.1, 0.15) is 0 Å². The summed E-state index contributed by atoms with van der Waals surface area (Å²) in [6.07, 6.45) is 7.24. The highest BCUT2D eigenvalue weighted by Gasteiger charge is 2.25. The molecule has 0 aromatic carbocycles. The number of carbonyl (C=O) groups excluding carboxylic acids is 1. The zero-order valence-electron chi connectivity index (χ0n) is 10.8. The maximum Gasteiger partial charge on any atom is 0.223 e. The van der Waals surface area contributed by atoms with Crippen LogP contribution in [-0.4, -0.2) is 16.9 Å². The van der Waals surface area contributed by atoms with Crippen molar-refractivity contribution < 1.29 is 4.79 Å². The lowest BCUT2D eigenvalue weighted by molar-refractivity contribution is -0.126. The van der Waals surface area contributed by atoms with E-state index in [1.165, 1.54) is 0 Å². The lowest BCUT2D eigenvalue weighted by Crippen LogP contribution is -2.37. The van der Waals surface area contributed by atoms with Crippen LogP contribution in [0.2, 0.25) is 0 Å². The molecule has 18 heavy (non-hydrogen) atoms. The molecule has 0 saturated heterocycles. The minimum Gasteiger partial charge on any atom is -0.349 e. The molecule has 4 nitrogen and oxygen atoms in total. The van der Waals surface area contributed by atoms with E-state index in [2.05, 4.69) is 10.3 Å². The summed E-state index contributed by atoms with van der Waals surface area (Å²) in [5, 5.41) is 3.07. The van der Waals surface area contributed by atoms with Gasteiger partial charge in [-0.05, 0) is 50.3 Å². The zero-order chi connectivity index (χ0) is 13.0. The molecule has 0 aliphatic heterocycles. The lowest BCUT2D eigenvalue weighted by atomic mass is 9.85. The van der Waals surface area contributed by atoms with Crippen LogP contribution in [-0.2, 0) is 4.79 Å². The first-order valence-corrected chi connectivity index (χ1v) is 6.62. The second kappa shape index (κ2) is 5.96. The molecule has 1 atom stereocenters. The van der Waals surface area contributed by atoms with Gasteiger partial charge in [0.05, 0.1) is 6.04 Å². The second-order valence-corrected chi connectivity index (χ2v) is 5.12. The third kappa shape index (κ3) is 3.29. The SMILES string of the molecule is C[C@@H](NC(=O)C1CCC(N)CC1)c1ccncc1. The molecule has 1 aliphatic carbocycles. The first-order valence-electron chi connectivity index (χ1n) is 6.62. The Hall–Kier alpha value is -1.42. The van der Waals surface area contributed by atoms with Gasteiger partial charge in [0.2, 0.25) is 5.91 Å². The molecule has 1 aromatic rings. The van der Waals surface area contributed by atoms with Crippen molar-refractivity contribution in [1.29, 1.82) is 0 Å². The average molecular weight is 247 g/mol. The Morgan fingerprint density at radius 1 is 1.33 bits per heavy atom. The fourth-order valence-corrected chi connectivity index (χ4v) is 2.45. The smallest absolute Gasteiger partial charge is 0.223 e. The molecule has 1 amide bonds. The molecule has 0 bridgehead atoms. The van der Waals surface area contributed by atoms with Crippen LogP contribution >= 0.6 is 0 Å². The molecule has 1 heterocycles. The van der Waals surface area contributed by atoms with Crippen molar-refractivity contribution >= 4 is 5.91 Å². The monoisotopic (exact) mass is 247 g/mol. The number of aromatic nitrogens is 1. The van der Waals surface area contributed by atoms with Crippen LogP contribution in [0, 0.1) is 5.92 Å². The number of nitrogens with one attached hydrogen (secondary N) is 1. The molecule has 1 aliphatic rings.